The molecule has 1 saturated heterocycles. The Bertz CT molecular complexity index is 694. The van der Waals surface area contributed by atoms with Crippen molar-refractivity contribution in [3.05, 3.63) is 65.2 Å². The average molecular weight is 324 g/mol. The molecule has 1 amide bonds. The number of carbonyl (C=O) groups excluding carboxylic acids is 1. The van der Waals surface area contributed by atoms with Crippen LogP contribution in [-0.4, -0.2) is 43.6 Å². The van der Waals surface area contributed by atoms with Crippen LogP contribution in [0.15, 0.2) is 48.5 Å². The lowest BCUT2D eigenvalue weighted by atomic mass is 10.1. The number of carbonyl (C=O) groups is 1. The van der Waals surface area contributed by atoms with E-state index >= 15 is 0 Å². The highest BCUT2D eigenvalue weighted by atomic mass is 16.5. The van der Waals surface area contributed by atoms with Crippen molar-refractivity contribution in [2.24, 2.45) is 0 Å². The topological polar surface area (TPSA) is 41.6 Å². The van der Waals surface area contributed by atoms with E-state index < -0.39 is 0 Å². The summed E-state index contributed by atoms with van der Waals surface area (Å²) in [7, 11) is 0. The van der Waals surface area contributed by atoms with Crippen LogP contribution in [0.25, 0.3) is 0 Å². The fraction of sp³-hybridized carbons (Fsp3) is 0.350. The minimum absolute atomic E-state index is 0.0839. The normalized spacial score (nSPS) is 14.5. The van der Waals surface area contributed by atoms with Crippen LogP contribution in [0.2, 0.25) is 0 Å². The van der Waals surface area contributed by atoms with Crippen LogP contribution in [0.4, 0.5) is 0 Å². The highest BCUT2D eigenvalue weighted by Gasteiger charge is 2.18. The molecule has 0 bridgehead atoms. The standard InChI is InChI=1S/C20H24N2O2/c1-16-4-2-5-17(14-16)8-13-24-19-7-3-6-18(15-19)20(23)22-11-9-21-10-12-22/h2-7,14-15,21H,8-13H2,1H3. The van der Waals surface area contributed by atoms with E-state index in [2.05, 4.69) is 36.5 Å². The van der Waals surface area contributed by atoms with Gasteiger partial charge in [0.25, 0.3) is 5.91 Å². The molecule has 4 nitrogen and oxygen atoms in total. The number of nitrogens with zero attached hydrogens (tertiary/aromatic N) is 1. The SMILES string of the molecule is Cc1cccc(CCOc2cccc(C(=O)N3CCNCC3)c2)c1. The van der Waals surface area contributed by atoms with Gasteiger partial charge in [-0.05, 0) is 30.7 Å². The lowest BCUT2D eigenvalue weighted by Crippen LogP contribution is -2.46. The molecular formula is C20H24N2O2. The molecule has 24 heavy (non-hydrogen) atoms. The fourth-order valence-corrected chi connectivity index (χ4v) is 2.92. The number of hydrogen-bond acceptors (Lipinski definition) is 3. The molecule has 126 valence electrons. The van der Waals surface area contributed by atoms with Gasteiger partial charge in [0.1, 0.15) is 5.75 Å². The molecule has 0 aliphatic carbocycles. The van der Waals surface area contributed by atoms with Gasteiger partial charge in [-0.1, -0.05) is 35.9 Å². The molecule has 1 aliphatic rings. The number of hydrogen-bond donors (Lipinski definition) is 1. The van der Waals surface area contributed by atoms with E-state index in [4.69, 9.17) is 4.74 Å². The first kappa shape index (κ1) is 16.5. The molecule has 1 fully saturated rings. The van der Waals surface area contributed by atoms with Crippen LogP contribution in [0, 0.1) is 6.92 Å². The van der Waals surface area contributed by atoms with Gasteiger partial charge in [-0.25, -0.2) is 0 Å². The van der Waals surface area contributed by atoms with E-state index in [1.807, 2.05) is 29.2 Å². The first-order chi connectivity index (χ1) is 11.7. The molecule has 1 heterocycles. The predicted octanol–water partition coefficient (Wildman–Crippen LogP) is 2.66. The Balaban J connectivity index is 1.57. The van der Waals surface area contributed by atoms with Crippen molar-refractivity contribution in [2.45, 2.75) is 13.3 Å². The number of amides is 1. The second-order valence-corrected chi connectivity index (χ2v) is 6.16. The zero-order chi connectivity index (χ0) is 16.8. The van der Waals surface area contributed by atoms with Crippen LogP contribution >= 0.6 is 0 Å². The van der Waals surface area contributed by atoms with Crippen molar-refractivity contribution in [3.63, 3.8) is 0 Å². The van der Waals surface area contributed by atoms with Gasteiger partial charge < -0.3 is 15.0 Å². The van der Waals surface area contributed by atoms with E-state index in [0.29, 0.717) is 12.2 Å². The van der Waals surface area contributed by atoms with Crippen molar-refractivity contribution in [3.8, 4) is 5.75 Å². The smallest absolute Gasteiger partial charge is 0.254 e. The molecule has 2 aromatic carbocycles. The van der Waals surface area contributed by atoms with Crippen LogP contribution in [0.1, 0.15) is 21.5 Å². The second kappa shape index (κ2) is 7.97. The average Bonchev–Trinajstić information content (AvgIpc) is 2.62. The number of piperazine rings is 1. The van der Waals surface area contributed by atoms with E-state index in [9.17, 15) is 4.79 Å². The quantitative estimate of drug-likeness (QED) is 0.919. The Morgan fingerprint density at radius 3 is 2.71 bits per heavy atom. The molecule has 0 radical (unpaired) electrons. The van der Waals surface area contributed by atoms with Crippen molar-refractivity contribution >= 4 is 5.91 Å². The third kappa shape index (κ3) is 4.36. The molecule has 1 aliphatic heterocycles. The fourth-order valence-electron chi connectivity index (χ4n) is 2.92. The van der Waals surface area contributed by atoms with Gasteiger partial charge in [0.15, 0.2) is 0 Å². The summed E-state index contributed by atoms with van der Waals surface area (Å²) in [5, 5.41) is 3.26. The molecule has 0 atom stereocenters. The summed E-state index contributed by atoms with van der Waals surface area (Å²) in [5.74, 6) is 0.837. The van der Waals surface area contributed by atoms with Crippen LogP contribution in [0.3, 0.4) is 0 Å². The number of nitrogens with one attached hydrogen (secondary N) is 1. The number of aryl methyl sites for hydroxylation is 1. The zero-order valence-electron chi connectivity index (χ0n) is 14.1. The third-order valence-corrected chi connectivity index (χ3v) is 4.23. The Morgan fingerprint density at radius 2 is 1.92 bits per heavy atom. The molecule has 0 saturated carbocycles. The maximum absolute atomic E-state index is 12.5. The minimum atomic E-state index is 0.0839. The molecule has 0 aromatic heterocycles. The second-order valence-electron chi connectivity index (χ2n) is 6.16. The Labute approximate surface area is 143 Å². The van der Waals surface area contributed by atoms with Gasteiger partial charge in [0.2, 0.25) is 0 Å². The van der Waals surface area contributed by atoms with Gasteiger partial charge in [-0.2, -0.15) is 0 Å². The van der Waals surface area contributed by atoms with Gasteiger partial charge in [-0.15, -0.1) is 0 Å². The summed E-state index contributed by atoms with van der Waals surface area (Å²) in [6.45, 7) is 5.94. The number of rotatable bonds is 5. The first-order valence-electron chi connectivity index (χ1n) is 8.51. The molecule has 4 heteroatoms. The Hall–Kier alpha value is -2.33. The predicted molar refractivity (Wildman–Crippen MR) is 95.6 cm³/mol. The summed E-state index contributed by atoms with van der Waals surface area (Å²) in [6, 6.07) is 15.9. The molecule has 0 spiro atoms. The highest BCUT2D eigenvalue weighted by Crippen LogP contribution is 2.16. The van der Waals surface area contributed by atoms with Crippen LogP contribution < -0.4 is 10.1 Å². The maximum atomic E-state index is 12.5. The largest absolute Gasteiger partial charge is 0.493 e. The summed E-state index contributed by atoms with van der Waals surface area (Å²) in [4.78, 5) is 14.4. The van der Waals surface area contributed by atoms with Crippen molar-refractivity contribution in [1.29, 1.82) is 0 Å². The van der Waals surface area contributed by atoms with Gasteiger partial charge >= 0.3 is 0 Å². The maximum Gasteiger partial charge on any atom is 0.254 e. The van der Waals surface area contributed by atoms with Crippen LogP contribution in [0.5, 0.6) is 5.75 Å². The van der Waals surface area contributed by atoms with Crippen molar-refractivity contribution in [2.75, 3.05) is 32.8 Å². The Kier molecular flexibility index (Phi) is 5.49. The molecule has 2 aromatic rings. The molecule has 1 N–H and O–H groups in total. The summed E-state index contributed by atoms with van der Waals surface area (Å²) >= 11 is 0. The van der Waals surface area contributed by atoms with Crippen molar-refractivity contribution in [1.82, 2.24) is 10.2 Å². The van der Waals surface area contributed by atoms with Gasteiger partial charge in [-0.3, -0.25) is 4.79 Å². The summed E-state index contributed by atoms with van der Waals surface area (Å²) < 4.78 is 5.84. The summed E-state index contributed by atoms with van der Waals surface area (Å²) in [5.41, 5.74) is 3.23. The van der Waals surface area contributed by atoms with Gasteiger partial charge in [0, 0.05) is 38.2 Å². The lowest BCUT2D eigenvalue weighted by molar-refractivity contribution is 0.0735. The van der Waals surface area contributed by atoms with Crippen molar-refractivity contribution < 1.29 is 9.53 Å². The van der Waals surface area contributed by atoms with E-state index in [-0.39, 0.29) is 5.91 Å². The molecule has 3 rings (SSSR count). The Morgan fingerprint density at radius 1 is 1.12 bits per heavy atom. The van der Waals surface area contributed by atoms with E-state index in [1.165, 1.54) is 11.1 Å². The highest BCUT2D eigenvalue weighted by molar-refractivity contribution is 5.94. The minimum Gasteiger partial charge on any atom is -0.493 e. The van der Waals surface area contributed by atoms with E-state index in [0.717, 1.165) is 38.3 Å². The molecule has 0 unspecified atom stereocenters. The summed E-state index contributed by atoms with van der Waals surface area (Å²) in [6.07, 6.45) is 0.859. The monoisotopic (exact) mass is 324 g/mol. The van der Waals surface area contributed by atoms with E-state index in [1.54, 1.807) is 0 Å². The van der Waals surface area contributed by atoms with Gasteiger partial charge in [0.05, 0.1) is 6.61 Å². The zero-order valence-corrected chi connectivity index (χ0v) is 14.1. The lowest BCUT2D eigenvalue weighted by Gasteiger charge is -2.27. The van der Waals surface area contributed by atoms with Crippen LogP contribution in [-0.2, 0) is 6.42 Å². The third-order valence-electron chi connectivity index (χ3n) is 4.23. The number of ether oxygens (including phenoxy) is 1. The number of benzene rings is 2. The molecular weight excluding hydrogens is 300 g/mol. The first-order valence-corrected chi connectivity index (χ1v) is 8.51.